The third-order valence-electron chi connectivity index (χ3n) is 5.73. The summed E-state index contributed by atoms with van der Waals surface area (Å²) in [5, 5.41) is 0. The second kappa shape index (κ2) is 8.13. The summed E-state index contributed by atoms with van der Waals surface area (Å²) in [7, 11) is 4.18. The molecule has 0 radical (unpaired) electrons. The summed E-state index contributed by atoms with van der Waals surface area (Å²) in [4.78, 5) is 19.6. The number of hydrogen-bond donors (Lipinski definition) is 0. The molecule has 24 heavy (non-hydrogen) atoms. The number of amides is 1. The lowest BCUT2D eigenvalue weighted by atomic mass is 9.94. The molecular formula is C20H31N3O. The van der Waals surface area contributed by atoms with E-state index in [1.807, 2.05) is 11.9 Å². The largest absolute Gasteiger partial charge is 0.342 e. The Hall–Kier alpha value is -1.39. The fourth-order valence-electron chi connectivity index (χ4n) is 4.09. The zero-order chi connectivity index (χ0) is 16.9. The molecule has 132 valence electrons. The standard InChI is InChI=1S/C20H31N3O/c1-21-13-14-23(19(15-21)17-9-5-3-6-10-17)16-20(24)22(2)18-11-7-4-8-12-18/h3,5-6,9-10,18-19H,4,7-8,11-16H2,1-2H3. The number of piperazine rings is 1. The van der Waals surface area contributed by atoms with Crippen LogP contribution in [0.25, 0.3) is 0 Å². The lowest BCUT2D eigenvalue weighted by molar-refractivity contribution is -0.135. The molecule has 1 amide bonds. The summed E-state index contributed by atoms with van der Waals surface area (Å²) < 4.78 is 0. The third-order valence-corrected chi connectivity index (χ3v) is 5.73. The molecule has 0 spiro atoms. The number of carbonyl (C=O) groups excluding carboxylic acids is 1. The summed E-state index contributed by atoms with van der Waals surface area (Å²) in [6, 6.07) is 11.4. The van der Waals surface area contributed by atoms with E-state index in [9.17, 15) is 4.79 Å². The fraction of sp³-hybridized carbons (Fsp3) is 0.650. The van der Waals surface area contributed by atoms with Crippen LogP contribution in [0.3, 0.4) is 0 Å². The summed E-state index contributed by atoms with van der Waals surface area (Å²) in [5.74, 6) is 0.285. The maximum absolute atomic E-state index is 12.8. The molecule has 2 aliphatic rings. The van der Waals surface area contributed by atoms with Gasteiger partial charge in [-0.1, -0.05) is 49.6 Å². The van der Waals surface area contributed by atoms with Gasteiger partial charge in [0.15, 0.2) is 0 Å². The van der Waals surface area contributed by atoms with Crippen LogP contribution in [0.4, 0.5) is 0 Å². The smallest absolute Gasteiger partial charge is 0.236 e. The molecule has 1 atom stereocenters. The van der Waals surface area contributed by atoms with Gasteiger partial charge in [-0.15, -0.1) is 0 Å². The number of nitrogens with zero attached hydrogens (tertiary/aromatic N) is 3. The van der Waals surface area contributed by atoms with Crippen molar-refractivity contribution in [2.75, 3.05) is 40.3 Å². The SMILES string of the molecule is CN1CCN(CC(=O)N(C)C2CCCCC2)C(c2ccccc2)C1. The van der Waals surface area contributed by atoms with E-state index in [-0.39, 0.29) is 5.91 Å². The van der Waals surface area contributed by atoms with Crippen LogP contribution in [0, 0.1) is 0 Å². The third kappa shape index (κ3) is 4.17. The van der Waals surface area contributed by atoms with Gasteiger partial charge in [-0.2, -0.15) is 0 Å². The molecule has 3 rings (SSSR count). The molecule has 1 aromatic carbocycles. The fourth-order valence-corrected chi connectivity index (χ4v) is 4.09. The summed E-state index contributed by atoms with van der Waals surface area (Å²) in [6.45, 7) is 3.52. The Kier molecular flexibility index (Phi) is 5.90. The van der Waals surface area contributed by atoms with Gasteiger partial charge in [0.05, 0.1) is 6.54 Å². The van der Waals surface area contributed by atoms with Crippen LogP contribution in [-0.2, 0) is 4.79 Å². The van der Waals surface area contributed by atoms with Crippen molar-refractivity contribution >= 4 is 5.91 Å². The molecule has 4 nitrogen and oxygen atoms in total. The Morgan fingerprint density at radius 1 is 1.12 bits per heavy atom. The highest BCUT2D eigenvalue weighted by Crippen LogP contribution is 2.26. The van der Waals surface area contributed by atoms with Gasteiger partial charge < -0.3 is 9.80 Å². The Labute approximate surface area is 146 Å². The van der Waals surface area contributed by atoms with E-state index in [1.165, 1.54) is 37.7 Å². The van der Waals surface area contributed by atoms with Gasteiger partial charge in [0.25, 0.3) is 0 Å². The average Bonchev–Trinajstić information content (AvgIpc) is 2.64. The molecule has 1 saturated heterocycles. The molecule has 1 aliphatic heterocycles. The predicted molar refractivity (Wildman–Crippen MR) is 97.9 cm³/mol. The van der Waals surface area contributed by atoms with Crippen molar-refractivity contribution in [3.63, 3.8) is 0 Å². The molecule has 0 bridgehead atoms. The molecule has 2 fully saturated rings. The van der Waals surface area contributed by atoms with E-state index in [0.29, 0.717) is 18.6 Å². The Morgan fingerprint density at radius 3 is 2.54 bits per heavy atom. The van der Waals surface area contributed by atoms with Gasteiger partial charge in [0.1, 0.15) is 0 Å². The minimum absolute atomic E-state index is 0.285. The Morgan fingerprint density at radius 2 is 1.83 bits per heavy atom. The lowest BCUT2D eigenvalue weighted by Crippen LogP contribution is -2.51. The molecular weight excluding hydrogens is 298 g/mol. The van der Waals surface area contributed by atoms with Crippen LogP contribution in [0.2, 0.25) is 0 Å². The molecule has 1 unspecified atom stereocenters. The van der Waals surface area contributed by atoms with Gasteiger partial charge in [0, 0.05) is 38.8 Å². The topological polar surface area (TPSA) is 26.8 Å². The number of likely N-dealkylation sites (N-methyl/N-ethyl adjacent to an activating group) is 2. The van der Waals surface area contributed by atoms with Crippen molar-refractivity contribution in [3.05, 3.63) is 35.9 Å². The molecule has 1 aromatic rings. The van der Waals surface area contributed by atoms with E-state index in [1.54, 1.807) is 0 Å². The molecule has 1 aliphatic carbocycles. The van der Waals surface area contributed by atoms with Crippen molar-refractivity contribution in [1.29, 1.82) is 0 Å². The van der Waals surface area contributed by atoms with Crippen LogP contribution in [0.1, 0.15) is 43.7 Å². The summed E-state index contributed by atoms with van der Waals surface area (Å²) >= 11 is 0. The van der Waals surface area contributed by atoms with Gasteiger partial charge in [-0.25, -0.2) is 0 Å². The zero-order valence-corrected chi connectivity index (χ0v) is 15.2. The second-order valence-electron chi connectivity index (χ2n) is 7.46. The lowest BCUT2D eigenvalue weighted by Gasteiger charge is -2.41. The number of benzene rings is 1. The first-order valence-corrected chi connectivity index (χ1v) is 9.38. The Balaban J connectivity index is 1.66. The van der Waals surface area contributed by atoms with E-state index in [4.69, 9.17) is 0 Å². The maximum Gasteiger partial charge on any atom is 0.236 e. The molecule has 4 heteroatoms. The van der Waals surface area contributed by atoms with Gasteiger partial charge in [-0.3, -0.25) is 9.69 Å². The second-order valence-corrected chi connectivity index (χ2v) is 7.46. The van der Waals surface area contributed by atoms with Gasteiger partial charge in [0.2, 0.25) is 5.91 Å². The predicted octanol–water partition coefficient (Wildman–Crippen LogP) is 2.77. The van der Waals surface area contributed by atoms with Crippen LogP contribution in [0.15, 0.2) is 30.3 Å². The number of hydrogen-bond acceptors (Lipinski definition) is 3. The van der Waals surface area contributed by atoms with Crippen molar-refractivity contribution in [1.82, 2.24) is 14.7 Å². The minimum atomic E-state index is 0.285. The van der Waals surface area contributed by atoms with Gasteiger partial charge >= 0.3 is 0 Å². The summed E-state index contributed by atoms with van der Waals surface area (Å²) in [5.41, 5.74) is 1.32. The van der Waals surface area contributed by atoms with E-state index < -0.39 is 0 Å². The van der Waals surface area contributed by atoms with Crippen LogP contribution in [0.5, 0.6) is 0 Å². The Bertz CT molecular complexity index is 527. The first kappa shape index (κ1) is 17.4. The molecule has 0 aromatic heterocycles. The van der Waals surface area contributed by atoms with Crippen molar-refractivity contribution in [2.24, 2.45) is 0 Å². The van der Waals surface area contributed by atoms with E-state index in [2.05, 4.69) is 47.2 Å². The average molecular weight is 329 g/mol. The monoisotopic (exact) mass is 329 g/mol. The van der Waals surface area contributed by atoms with Crippen molar-refractivity contribution in [3.8, 4) is 0 Å². The quantitative estimate of drug-likeness (QED) is 0.850. The zero-order valence-electron chi connectivity index (χ0n) is 15.2. The van der Waals surface area contributed by atoms with Crippen LogP contribution in [-0.4, -0.2) is 66.9 Å². The van der Waals surface area contributed by atoms with Crippen LogP contribution < -0.4 is 0 Å². The van der Waals surface area contributed by atoms with Crippen molar-refractivity contribution < 1.29 is 4.79 Å². The van der Waals surface area contributed by atoms with Crippen LogP contribution >= 0.6 is 0 Å². The van der Waals surface area contributed by atoms with Gasteiger partial charge in [-0.05, 0) is 25.5 Å². The first-order valence-electron chi connectivity index (χ1n) is 9.38. The highest BCUT2D eigenvalue weighted by molar-refractivity contribution is 5.78. The van der Waals surface area contributed by atoms with E-state index >= 15 is 0 Å². The highest BCUT2D eigenvalue weighted by Gasteiger charge is 2.30. The molecule has 1 heterocycles. The summed E-state index contributed by atoms with van der Waals surface area (Å²) in [6.07, 6.45) is 6.21. The molecule has 1 saturated carbocycles. The first-order chi connectivity index (χ1) is 11.6. The molecule has 0 N–H and O–H groups in total. The normalized spacial score (nSPS) is 24.0. The minimum Gasteiger partial charge on any atom is -0.342 e. The number of rotatable bonds is 4. The van der Waals surface area contributed by atoms with E-state index in [0.717, 1.165) is 19.6 Å². The maximum atomic E-state index is 12.8. The number of carbonyl (C=O) groups is 1. The van der Waals surface area contributed by atoms with Crippen molar-refractivity contribution in [2.45, 2.75) is 44.2 Å². The highest BCUT2D eigenvalue weighted by atomic mass is 16.2.